The maximum absolute atomic E-state index is 12.2. The Hall–Kier alpha value is -2.33. The Kier molecular flexibility index (Phi) is 5.55. The van der Waals surface area contributed by atoms with E-state index in [1.165, 1.54) is 7.11 Å². The van der Waals surface area contributed by atoms with E-state index in [0.29, 0.717) is 22.8 Å². The second-order valence-corrected chi connectivity index (χ2v) is 5.00. The first kappa shape index (κ1) is 16.0. The van der Waals surface area contributed by atoms with Crippen molar-refractivity contribution in [3.8, 4) is 5.75 Å². The molecule has 1 amide bonds. The Morgan fingerprint density at radius 3 is 2.50 bits per heavy atom. The molecule has 0 saturated heterocycles. The quantitative estimate of drug-likeness (QED) is 0.672. The number of carbonyl (C=O) groups excluding carboxylic acids is 1. The summed E-state index contributed by atoms with van der Waals surface area (Å²) < 4.78 is 5.17. The van der Waals surface area contributed by atoms with Crippen LogP contribution in [0.2, 0.25) is 5.02 Å². The molecule has 0 aromatic heterocycles. The molecule has 0 fully saturated rings. The predicted molar refractivity (Wildman–Crippen MR) is 88.7 cm³/mol. The molecular formula is C17H17ClN2O2. The lowest BCUT2D eigenvalue weighted by atomic mass is 10.1. The number of para-hydroxylation sites is 1. The minimum absolute atomic E-state index is 0.308. The van der Waals surface area contributed by atoms with Crippen LogP contribution in [-0.4, -0.2) is 18.7 Å². The van der Waals surface area contributed by atoms with Crippen LogP contribution in [0.1, 0.15) is 29.3 Å². The topological polar surface area (TPSA) is 50.7 Å². The second-order valence-electron chi connectivity index (χ2n) is 4.56. The lowest BCUT2D eigenvalue weighted by molar-refractivity contribution is 0.0952. The molecule has 2 aromatic carbocycles. The Morgan fingerprint density at radius 1 is 1.18 bits per heavy atom. The lowest BCUT2D eigenvalue weighted by Gasteiger charge is -2.08. The molecule has 4 nitrogen and oxygen atoms in total. The monoisotopic (exact) mass is 316 g/mol. The van der Waals surface area contributed by atoms with E-state index in [1.54, 1.807) is 30.3 Å². The molecule has 0 spiro atoms. The summed E-state index contributed by atoms with van der Waals surface area (Å²) in [6.45, 7) is 1.97. The molecule has 0 aliphatic rings. The zero-order valence-corrected chi connectivity index (χ0v) is 13.2. The smallest absolute Gasteiger partial charge is 0.275 e. The summed E-state index contributed by atoms with van der Waals surface area (Å²) in [5, 5.41) is 4.88. The van der Waals surface area contributed by atoms with Gasteiger partial charge in [-0.15, -0.1) is 0 Å². The third-order valence-electron chi connectivity index (χ3n) is 3.16. The number of hydrogen-bond acceptors (Lipinski definition) is 3. The van der Waals surface area contributed by atoms with Crippen molar-refractivity contribution in [2.75, 3.05) is 7.11 Å². The van der Waals surface area contributed by atoms with Gasteiger partial charge in [-0.05, 0) is 36.2 Å². The van der Waals surface area contributed by atoms with Crippen molar-refractivity contribution in [1.82, 2.24) is 5.43 Å². The number of amides is 1. The number of rotatable bonds is 5. The summed E-state index contributed by atoms with van der Waals surface area (Å²) in [5.74, 6) is 0.206. The van der Waals surface area contributed by atoms with Crippen LogP contribution in [-0.2, 0) is 0 Å². The highest BCUT2D eigenvalue weighted by molar-refractivity contribution is 6.30. The molecule has 5 heteroatoms. The minimum Gasteiger partial charge on any atom is -0.496 e. The number of halogens is 1. The van der Waals surface area contributed by atoms with Gasteiger partial charge in [0.05, 0.1) is 18.4 Å². The van der Waals surface area contributed by atoms with Crippen LogP contribution in [0.3, 0.4) is 0 Å². The van der Waals surface area contributed by atoms with E-state index in [2.05, 4.69) is 10.5 Å². The van der Waals surface area contributed by atoms with Gasteiger partial charge in [0, 0.05) is 5.02 Å². The average Bonchev–Trinajstić information content (AvgIpc) is 2.56. The van der Waals surface area contributed by atoms with Crippen LogP contribution in [0.15, 0.2) is 53.6 Å². The standard InChI is InChI=1S/C17H17ClN2O2/c1-3-15(12-8-10-13(18)11-9-12)19-20-17(21)14-6-4-5-7-16(14)22-2/h4-11H,3H2,1-2H3,(H,20,21). The Labute approximate surface area is 134 Å². The van der Waals surface area contributed by atoms with E-state index in [1.807, 2.05) is 25.1 Å². The summed E-state index contributed by atoms with van der Waals surface area (Å²) in [5.41, 5.74) is 4.72. The van der Waals surface area contributed by atoms with Crippen LogP contribution in [0.5, 0.6) is 5.75 Å². The first-order valence-electron chi connectivity index (χ1n) is 6.91. The molecule has 114 valence electrons. The van der Waals surface area contributed by atoms with Gasteiger partial charge in [0.15, 0.2) is 0 Å². The molecule has 0 atom stereocenters. The van der Waals surface area contributed by atoms with Gasteiger partial charge in [0.1, 0.15) is 5.75 Å². The van der Waals surface area contributed by atoms with Crippen molar-refractivity contribution in [2.24, 2.45) is 5.10 Å². The Morgan fingerprint density at radius 2 is 1.86 bits per heavy atom. The fourth-order valence-corrected chi connectivity index (χ4v) is 2.13. The van der Waals surface area contributed by atoms with E-state index in [9.17, 15) is 4.79 Å². The summed E-state index contributed by atoms with van der Waals surface area (Å²) in [6, 6.07) is 14.4. The van der Waals surface area contributed by atoms with Gasteiger partial charge in [-0.25, -0.2) is 5.43 Å². The van der Waals surface area contributed by atoms with Crippen molar-refractivity contribution in [1.29, 1.82) is 0 Å². The largest absolute Gasteiger partial charge is 0.496 e. The van der Waals surface area contributed by atoms with E-state index in [0.717, 1.165) is 11.3 Å². The number of hydrazone groups is 1. The average molecular weight is 317 g/mol. The van der Waals surface area contributed by atoms with Gasteiger partial charge in [0.2, 0.25) is 0 Å². The Balaban J connectivity index is 2.18. The predicted octanol–water partition coefficient (Wildman–Crippen LogP) is 3.89. The number of hydrogen-bond donors (Lipinski definition) is 1. The summed E-state index contributed by atoms with van der Waals surface area (Å²) in [4.78, 5) is 12.2. The normalized spacial score (nSPS) is 11.1. The number of nitrogens with zero attached hydrogens (tertiary/aromatic N) is 1. The molecule has 0 unspecified atom stereocenters. The fourth-order valence-electron chi connectivity index (χ4n) is 2.00. The number of ether oxygens (including phenoxy) is 1. The number of carbonyl (C=O) groups is 1. The van der Waals surface area contributed by atoms with E-state index < -0.39 is 0 Å². The molecule has 2 rings (SSSR count). The highest BCUT2D eigenvalue weighted by Gasteiger charge is 2.11. The third-order valence-corrected chi connectivity index (χ3v) is 3.41. The third kappa shape index (κ3) is 3.86. The first-order valence-corrected chi connectivity index (χ1v) is 7.29. The van der Waals surface area contributed by atoms with Crippen molar-refractivity contribution in [2.45, 2.75) is 13.3 Å². The van der Waals surface area contributed by atoms with Gasteiger partial charge < -0.3 is 4.74 Å². The molecule has 0 bridgehead atoms. The Bertz CT molecular complexity index is 681. The van der Waals surface area contributed by atoms with Gasteiger partial charge in [-0.2, -0.15) is 5.10 Å². The van der Waals surface area contributed by atoms with E-state index in [-0.39, 0.29) is 5.91 Å². The molecule has 0 radical (unpaired) electrons. The van der Waals surface area contributed by atoms with Crippen LogP contribution in [0.25, 0.3) is 0 Å². The highest BCUT2D eigenvalue weighted by atomic mass is 35.5. The van der Waals surface area contributed by atoms with Crippen molar-refractivity contribution >= 4 is 23.2 Å². The maximum Gasteiger partial charge on any atom is 0.275 e. The second kappa shape index (κ2) is 7.61. The van der Waals surface area contributed by atoms with Crippen molar-refractivity contribution in [3.63, 3.8) is 0 Å². The fraction of sp³-hybridized carbons (Fsp3) is 0.176. The van der Waals surface area contributed by atoms with E-state index in [4.69, 9.17) is 16.3 Å². The molecule has 0 aliphatic heterocycles. The number of methoxy groups -OCH3 is 1. The van der Waals surface area contributed by atoms with Gasteiger partial charge in [-0.1, -0.05) is 42.8 Å². The SMILES string of the molecule is CCC(=NNC(=O)c1ccccc1OC)c1ccc(Cl)cc1. The number of benzene rings is 2. The van der Waals surface area contributed by atoms with Crippen LogP contribution >= 0.6 is 11.6 Å². The van der Waals surface area contributed by atoms with Crippen molar-refractivity contribution in [3.05, 3.63) is 64.7 Å². The van der Waals surface area contributed by atoms with Gasteiger partial charge in [0.25, 0.3) is 5.91 Å². The summed E-state index contributed by atoms with van der Waals surface area (Å²) in [7, 11) is 1.53. The molecular weight excluding hydrogens is 300 g/mol. The molecule has 1 N–H and O–H groups in total. The van der Waals surface area contributed by atoms with Gasteiger partial charge in [-0.3, -0.25) is 4.79 Å². The zero-order chi connectivity index (χ0) is 15.9. The number of nitrogens with one attached hydrogen (secondary N) is 1. The van der Waals surface area contributed by atoms with E-state index >= 15 is 0 Å². The first-order chi connectivity index (χ1) is 10.7. The highest BCUT2D eigenvalue weighted by Crippen LogP contribution is 2.17. The molecule has 22 heavy (non-hydrogen) atoms. The minimum atomic E-state index is -0.308. The van der Waals surface area contributed by atoms with Gasteiger partial charge >= 0.3 is 0 Å². The van der Waals surface area contributed by atoms with Crippen LogP contribution in [0.4, 0.5) is 0 Å². The summed E-state index contributed by atoms with van der Waals surface area (Å²) in [6.07, 6.45) is 0.688. The molecule has 0 heterocycles. The molecule has 0 saturated carbocycles. The summed E-state index contributed by atoms with van der Waals surface area (Å²) >= 11 is 5.88. The lowest BCUT2D eigenvalue weighted by Crippen LogP contribution is -2.20. The maximum atomic E-state index is 12.2. The molecule has 0 aliphatic carbocycles. The molecule has 2 aromatic rings. The zero-order valence-electron chi connectivity index (χ0n) is 12.5. The van der Waals surface area contributed by atoms with Crippen molar-refractivity contribution < 1.29 is 9.53 Å². The van der Waals surface area contributed by atoms with Crippen LogP contribution in [0, 0.1) is 0 Å². The van der Waals surface area contributed by atoms with Crippen LogP contribution < -0.4 is 10.2 Å².